The molecular formula is C24H34N2O2. The smallest absolute Gasteiger partial charge is 0.222 e. The van der Waals surface area contributed by atoms with E-state index in [0.717, 1.165) is 31.8 Å². The highest BCUT2D eigenvalue weighted by molar-refractivity contribution is 5.76. The second-order valence-corrected chi connectivity index (χ2v) is 7.96. The van der Waals surface area contributed by atoms with Crippen LogP contribution in [0.25, 0.3) is 0 Å². The Morgan fingerprint density at radius 1 is 1.14 bits per heavy atom. The Morgan fingerprint density at radius 3 is 2.68 bits per heavy atom. The van der Waals surface area contributed by atoms with Gasteiger partial charge in [-0.2, -0.15) is 0 Å². The summed E-state index contributed by atoms with van der Waals surface area (Å²) in [5.74, 6) is 1.04. The standard InChI is InChI=1S/C24H34N2O2/c1-28-18-8-17-26(24(27)15-14-21-9-5-6-10-21)20-23-13-7-16-25(23)19-22-11-3-2-4-12-22/h2-4,7,11-13,16,21H,5-6,8-10,14-15,17-20H2,1H3. The Balaban J connectivity index is 1.61. The van der Waals surface area contributed by atoms with Crippen molar-refractivity contribution in [1.29, 1.82) is 0 Å². The second-order valence-electron chi connectivity index (χ2n) is 7.96. The van der Waals surface area contributed by atoms with Gasteiger partial charge in [-0.05, 0) is 36.5 Å². The van der Waals surface area contributed by atoms with Crippen molar-refractivity contribution in [1.82, 2.24) is 9.47 Å². The number of hydrogen-bond donors (Lipinski definition) is 0. The number of carbonyl (C=O) groups excluding carboxylic acids is 1. The molecule has 0 aliphatic heterocycles. The fourth-order valence-electron chi connectivity index (χ4n) is 4.20. The molecule has 4 heteroatoms. The number of rotatable bonds is 11. The van der Waals surface area contributed by atoms with Crippen LogP contribution in [-0.2, 0) is 22.6 Å². The maximum absolute atomic E-state index is 13.0. The van der Waals surface area contributed by atoms with Crippen LogP contribution in [0.3, 0.4) is 0 Å². The van der Waals surface area contributed by atoms with Gasteiger partial charge in [-0.15, -0.1) is 0 Å². The molecule has 1 fully saturated rings. The predicted octanol–water partition coefficient (Wildman–Crippen LogP) is 4.87. The lowest BCUT2D eigenvalue weighted by Crippen LogP contribution is -2.33. The molecule has 152 valence electrons. The number of nitrogens with zero attached hydrogens (tertiary/aromatic N) is 2. The van der Waals surface area contributed by atoms with Crippen molar-refractivity contribution in [2.45, 2.75) is 58.0 Å². The van der Waals surface area contributed by atoms with E-state index < -0.39 is 0 Å². The summed E-state index contributed by atoms with van der Waals surface area (Å²) in [6.07, 6.45) is 9.99. The van der Waals surface area contributed by atoms with Crippen LogP contribution in [0.2, 0.25) is 0 Å². The van der Waals surface area contributed by atoms with Gasteiger partial charge in [0.15, 0.2) is 0 Å². The highest BCUT2D eigenvalue weighted by atomic mass is 16.5. The lowest BCUT2D eigenvalue weighted by molar-refractivity contribution is -0.132. The zero-order valence-electron chi connectivity index (χ0n) is 17.2. The largest absolute Gasteiger partial charge is 0.385 e. The fraction of sp³-hybridized carbons (Fsp3) is 0.542. The van der Waals surface area contributed by atoms with E-state index in [4.69, 9.17) is 4.74 Å². The summed E-state index contributed by atoms with van der Waals surface area (Å²) >= 11 is 0. The predicted molar refractivity (Wildman–Crippen MR) is 113 cm³/mol. The second kappa shape index (κ2) is 11.1. The molecule has 1 aromatic carbocycles. The number of ether oxygens (including phenoxy) is 1. The van der Waals surface area contributed by atoms with E-state index in [-0.39, 0.29) is 5.91 Å². The minimum atomic E-state index is 0.287. The first kappa shape index (κ1) is 20.7. The maximum atomic E-state index is 13.0. The minimum Gasteiger partial charge on any atom is -0.385 e. The van der Waals surface area contributed by atoms with Crippen molar-refractivity contribution in [2.75, 3.05) is 20.3 Å². The zero-order valence-corrected chi connectivity index (χ0v) is 17.2. The number of aromatic nitrogens is 1. The molecule has 0 saturated heterocycles. The van der Waals surface area contributed by atoms with Crippen LogP contribution in [0, 0.1) is 5.92 Å². The Morgan fingerprint density at radius 2 is 1.93 bits per heavy atom. The lowest BCUT2D eigenvalue weighted by atomic mass is 10.0. The first-order chi connectivity index (χ1) is 13.8. The molecule has 1 amide bonds. The summed E-state index contributed by atoms with van der Waals surface area (Å²) in [4.78, 5) is 15.0. The summed E-state index contributed by atoms with van der Waals surface area (Å²) < 4.78 is 7.46. The molecule has 0 N–H and O–H groups in total. The Hall–Kier alpha value is -2.07. The Kier molecular flexibility index (Phi) is 8.16. The van der Waals surface area contributed by atoms with Crippen molar-refractivity contribution >= 4 is 5.91 Å². The normalized spacial score (nSPS) is 14.5. The van der Waals surface area contributed by atoms with Gasteiger partial charge in [0.2, 0.25) is 5.91 Å². The SMILES string of the molecule is COCCCN(Cc1cccn1Cc1ccccc1)C(=O)CCC1CCCC1. The number of hydrogen-bond acceptors (Lipinski definition) is 2. The third-order valence-corrected chi connectivity index (χ3v) is 5.84. The van der Waals surface area contributed by atoms with Crippen molar-refractivity contribution in [3.8, 4) is 0 Å². The van der Waals surface area contributed by atoms with Gasteiger partial charge < -0.3 is 14.2 Å². The molecule has 0 unspecified atom stereocenters. The van der Waals surface area contributed by atoms with E-state index in [9.17, 15) is 4.79 Å². The molecule has 1 aliphatic carbocycles. The molecule has 1 aliphatic rings. The first-order valence-electron chi connectivity index (χ1n) is 10.7. The van der Waals surface area contributed by atoms with E-state index in [0.29, 0.717) is 19.6 Å². The first-order valence-corrected chi connectivity index (χ1v) is 10.7. The molecule has 1 heterocycles. The number of methoxy groups -OCH3 is 1. The lowest BCUT2D eigenvalue weighted by Gasteiger charge is -2.24. The van der Waals surface area contributed by atoms with Crippen LogP contribution < -0.4 is 0 Å². The van der Waals surface area contributed by atoms with E-state index >= 15 is 0 Å². The average Bonchev–Trinajstić information content (AvgIpc) is 3.38. The fourth-order valence-corrected chi connectivity index (χ4v) is 4.20. The highest BCUT2D eigenvalue weighted by Crippen LogP contribution is 2.28. The summed E-state index contributed by atoms with van der Waals surface area (Å²) in [6, 6.07) is 14.7. The van der Waals surface area contributed by atoms with Crippen molar-refractivity contribution in [3.05, 3.63) is 59.9 Å². The number of carbonyl (C=O) groups is 1. The van der Waals surface area contributed by atoms with Gasteiger partial charge in [0.1, 0.15) is 0 Å². The van der Waals surface area contributed by atoms with Gasteiger partial charge >= 0.3 is 0 Å². The van der Waals surface area contributed by atoms with Crippen molar-refractivity contribution in [2.24, 2.45) is 5.92 Å². The quantitative estimate of drug-likeness (QED) is 0.520. The topological polar surface area (TPSA) is 34.5 Å². The van der Waals surface area contributed by atoms with Crippen LogP contribution in [0.5, 0.6) is 0 Å². The Bertz CT molecular complexity index is 704. The summed E-state index contributed by atoms with van der Waals surface area (Å²) in [5, 5.41) is 0. The number of benzene rings is 1. The monoisotopic (exact) mass is 382 g/mol. The third-order valence-electron chi connectivity index (χ3n) is 5.84. The summed E-state index contributed by atoms with van der Waals surface area (Å²) in [6.45, 7) is 2.96. The molecule has 3 rings (SSSR count). The van der Waals surface area contributed by atoms with Crippen LogP contribution in [0.1, 0.15) is 56.2 Å². The van der Waals surface area contributed by atoms with Crippen LogP contribution >= 0.6 is 0 Å². The molecule has 0 spiro atoms. The van der Waals surface area contributed by atoms with Crippen LogP contribution in [0.4, 0.5) is 0 Å². The molecule has 0 bridgehead atoms. The van der Waals surface area contributed by atoms with Crippen molar-refractivity contribution < 1.29 is 9.53 Å². The molecular weight excluding hydrogens is 348 g/mol. The highest BCUT2D eigenvalue weighted by Gasteiger charge is 2.20. The van der Waals surface area contributed by atoms with Gasteiger partial charge in [-0.3, -0.25) is 4.79 Å². The van der Waals surface area contributed by atoms with Gasteiger partial charge in [-0.1, -0.05) is 56.0 Å². The number of amides is 1. The Labute approximate surface area is 169 Å². The molecule has 0 atom stereocenters. The average molecular weight is 383 g/mol. The molecule has 2 aromatic rings. The minimum absolute atomic E-state index is 0.287. The molecule has 28 heavy (non-hydrogen) atoms. The van der Waals surface area contributed by atoms with Crippen molar-refractivity contribution in [3.63, 3.8) is 0 Å². The maximum Gasteiger partial charge on any atom is 0.222 e. The van der Waals surface area contributed by atoms with E-state index in [1.165, 1.54) is 36.9 Å². The molecule has 1 saturated carbocycles. The summed E-state index contributed by atoms with van der Waals surface area (Å²) in [7, 11) is 1.72. The van der Waals surface area contributed by atoms with Crippen LogP contribution in [0.15, 0.2) is 48.7 Å². The van der Waals surface area contributed by atoms with E-state index in [1.807, 2.05) is 11.0 Å². The van der Waals surface area contributed by atoms with Gasteiger partial charge in [-0.25, -0.2) is 0 Å². The molecule has 4 nitrogen and oxygen atoms in total. The van der Waals surface area contributed by atoms with E-state index in [1.54, 1.807) is 7.11 Å². The van der Waals surface area contributed by atoms with Gasteiger partial charge in [0.05, 0.1) is 6.54 Å². The van der Waals surface area contributed by atoms with Gasteiger partial charge in [0.25, 0.3) is 0 Å². The van der Waals surface area contributed by atoms with Gasteiger partial charge in [0, 0.05) is 45.1 Å². The van der Waals surface area contributed by atoms with Crippen LogP contribution in [-0.4, -0.2) is 35.6 Å². The third kappa shape index (κ3) is 6.23. The van der Waals surface area contributed by atoms with E-state index in [2.05, 4.69) is 47.2 Å². The zero-order chi connectivity index (χ0) is 19.6. The summed E-state index contributed by atoms with van der Waals surface area (Å²) in [5.41, 5.74) is 2.47. The molecule has 1 aromatic heterocycles. The molecule has 0 radical (unpaired) electrons.